The van der Waals surface area contributed by atoms with Crippen LogP contribution in [0, 0.1) is 5.92 Å². The third-order valence-corrected chi connectivity index (χ3v) is 12.8. The molecular formula is C27H52N2O5Si. The Kier molecular flexibility index (Phi) is 9.74. The molecule has 35 heavy (non-hydrogen) atoms. The predicted octanol–water partition coefficient (Wildman–Crippen LogP) is 5.64. The lowest BCUT2D eigenvalue weighted by atomic mass is 9.88. The van der Waals surface area contributed by atoms with Crippen LogP contribution in [-0.4, -0.2) is 87.6 Å². The van der Waals surface area contributed by atoms with Crippen LogP contribution < -0.4 is 0 Å². The molecule has 0 aromatic rings. The zero-order valence-corrected chi connectivity index (χ0v) is 24.7. The smallest absolute Gasteiger partial charge is 0.410 e. The van der Waals surface area contributed by atoms with Crippen molar-refractivity contribution < 1.29 is 23.4 Å². The molecule has 3 aliphatic heterocycles. The van der Waals surface area contributed by atoms with E-state index in [1.165, 1.54) is 6.42 Å². The molecule has 7 nitrogen and oxygen atoms in total. The van der Waals surface area contributed by atoms with Gasteiger partial charge in [0, 0.05) is 25.7 Å². The quantitative estimate of drug-likeness (QED) is 0.411. The number of amides is 1. The number of likely N-dealkylation sites (tertiary alicyclic amines) is 2. The molecule has 0 radical (unpaired) electrons. The van der Waals surface area contributed by atoms with Gasteiger partial charge in [-0.25, -0.2) is 4.79 Å². The average Bonchev–Trinajstić information content (AvgIpc) is 3.16. The van der Waals surface area contributed by atoms with Crippen LogP contribution in [-0.2, 0) is 18.6 Å². The molecule has 1 unspecified atom stereocenters. The maximum absolute atomic E-state index is 13.2. The third-order valence-electron chi connectivity index (χ3n) is 8.23. The van der Waals surface area contributed by atoms with Crippen LogP contribution in [0.2, 0.25) is 18.1 Å². The first-order valence-electron chi connectivity index (χ1n) is 13.9. The van der Waals surface area contributed by atoms with Crippen LogP contribution in [0.5, 0.6) is 0 Å². The van der Waals surface area contributed by atoms with E-state index in [9.17, 15) is 4.79 Å². The summed E-state index contributed by atoms with van der Waals surface area (Å²) in [5.41, 5.74) is -0.495. The van der Waals surface area contributed by atoms with Crippen molar-refractivity contribution in [3.8, 4) is 0 Å². The van der Waals surface area contributed by atoms with Crippen LogP contribution in [0.3, 0.4) is 0 Å². The van der Waals surface area contributed by atoms with Crippen LogP contribution in [0.15, 0.2) is 0 Å². The summed E-state index contributed by atoms with van der Waals surface area (Å²) in [7, 11) is -1.91. The van der Waals surface area contributed by atoms with Crippen LogP contribution >= 0.6 is 0 Å². The fourth-order valence-electron chi connectivity index (χ4n) is 5.20. The zero-order valence-electron chi connectivity index (χ0n) is 23.7. The van der Waals surface area contributed by atoms with Gasteiger partial charge in [0.1, 0.15) is 5.60 Å². The van der Waals surface area contributed by atoms with E-state index in [1.807, 2.05) is 25.7 Å². The molecule has 3 fully saturated rings. The van der Waals surface area contributed by atoms with Crippen molar-refractivity contribution in [2.24, 2.45) is 5.92 Å². The molecule has 0 aromatic carbocycles. The number of hydrogen-bond acceptors (Lipinski definition) is 6. The van der Waals surface area contributed by atoms with Crippen LogP contribution in [0.1, 0.15) is 80.1 Å². The van der Waals surface area contributed by atoms with Gasteiger partial charge in [0.25, 0.3) is 0 Å². The Morgan fingerprint density at radius 1 is 1.03 bits per heavy atom. The molecule has 3 rings (SSSR count). The van der Waals surface area contributed by atoms with Crippen molar-refractivity contribution in [3.05, 3.63) is 0 Å². The molecule has 204 valence electrons. The summed E-state index contributed by atoms with van der Waals surface area (Å²) < 4.78 is 24.2. The van der Waals surface area contributed by atoms with Crippen molar-refractivity contribution in [2.45, 2.75) is 122 Å². The van der Waals surface area contributed by atoms with Gasteiger partial charge in [-0.2, -0.15) is 0 Å². The Morgan fingerprint density at radius 3 is 2.29 bits per heavy atom. The van der Waals surface area contributed by atoms with Crippen LogP contribution in [0.4, 0.5) is 4.79 Å². The minimum absolute atomic E-state index is 0.0139. The molecule has 8 heteroatoms. The molecular weight excluding hydrogens is 460 g/mol. The highest BCUT2D eigenvalue weighted by Gasteiger charge is 2.46. The molecule has 1 amide bonds. The first-order chi connectivity index (χ1) is 16.2. The molecule has 3 atom stereocenters. The number of hydrogen-bond donors (Lipinski definition) is 0. The number of carbonyl (C=O) groups excluding carboxylic acids is 1. The van der Waals surface area contributed by atoms with E-state index < -0.39 is 13.9 Å². The van der Waals surface area contributed by atoms with E-state index in [1.54, 1.807) is 0 Å². The van der Waals surface area contributed by atoms with Crippen LogP contribution in [0.25, 0.3) is 0 Å². The Labute approximate surface area is 215 Å². The summed E-state index contributed by atoms with van der Waals surface area (Å²) in [5.74, 6) is 0.481. The average molecular weight is 513 g/mol. The van der Waals surface area contributed by atoms with Crippen molar-refractivity contribution in [1.29, 1.82) is 0 Å². The maximum atomic E-state index is 13.2. The predicted molar refractivity (Wildman–Crippen MR) is 142 cm³/mol. The minimum Gasteiger partial charge on any atom is -0.444 e. The minimum atomic E-state index is -1.91. The SMILES string of the molecule is CC(C)(C)OC(=O)N1C[C@H](O[Si](C)(C)C(C)(C)C)C[C@H]1C1CCN(CCOC2CCCCO2)CC1. The summed E-state index contributed by atoms with van der Waals surface area (Å²) in [5, 5.41) is 0.151. The van der Waals surface area contributed by atoms with Crippen molar-refractivity contribution >= 4 is 14.4 Å². The van der Waals surface area contributed by atoms with Gasteiger partial charge in [0.05, 0.1) is 12.7 Å². The number of piperidine rings is 1. The van der Waals surface area contributed by atoms with Gasteiger partial charge in [-0.15, -0.1) is 0 Å². The largest absolute Gasteiger partial charge is 0.444 e. The topological polar surface area (TPSA) is 60.5 Å². The number of rotatable bonds is 7. The van der Waals surface area contributed by atoms with Gasteiger partial charge < -0.3 is 28.4 Å². The highest BCUT2D eigenvalue weighted by atomic mass is 28.4. The molecule has 0 aliphatic carbocycles. The zero-order chi connectivity index (χ0) is 25.9. The summed E-state index contributed by atoms with van der Waals surface area (Å²) in [4.78, 5) is 17.7. The lowest BCUT2D eigenvalue weighted by Crippen LogP contribution is -2.47. The second-order valence-electron chi connectivity index (χ2n) is 13.3. The molecule has 3 heterocycles. The molecule has 0 bridgehead atoms. The second kappa shape index (κ2) is 11.8. The molecule has 0 saturated carbocycles. The Bertz CT molecular complexity index is 676. The van der Waals surface area contributed by atoms with E-state index in [4.69, 9.17) is 18.6 Å². The van der Waals surface area contributed by atoms with E-state index in [-0.39, 0.29) is 29.6 Å². The maximum Gasteiger partial charge on any atom is 0.410 e. The first-order valence-corrected chi connectivity index (χ1v) is 16.8. The normalized spacial score (nSPS) is 27.9. The Hall–Kier alpha value is -0.673. The third kappa shape index (κ3) is 8.42. The van der Waals surface area contributed by atoms with Gasteiger partial charge >= 0.3 is 6.09 Å². The van der Waals surface area contributed by atoms with E-state index >= 15 is 0 Å². The Balaban J connectivity index is 1.55. The summed E-state index contributed by atoms with van der Waals surface area (Å²) in [6.07, 6.45) is 6.36. The van der Waals surface area contributed by atoms with Gasteiger partial charge in [-0.3, -0.25) is 0 Å². The summed E-state index contributed by atoms with van der Waals surface area (Å²) >= 11 is 0. The highest BCUT2D eigenvalue weighted by Crippen LogP contribution is 2.40. The summed E-state index contributed by atoms with van der Waals surface area (Å²) in [6.45, 7) is 22.5. The lowest BCUT2D eigenvalue weighted by molar-refractivity contribution is -0.164. The van der Waals surface area contributed by atoms with Gasteiger partial charge in [-0.1, -0.05) is 20.8 Å². The van der Waals surface area contributed by atoms with E-state index in [2.05, 4.69) is 38.8 Å². The monoisotopic (exact) mass is 512 g/mol. The standard InChI is InChI=1S/C27H52N2O5Si/c1-26(2,3)33-25(30)29-20-22(34-35(7,8)27(4,5)6)19-23(29)21-12-14-28(15-13-21)16-18-32-24-11-9-10-17-31-24/h21-24H,9-20H2,1-8H3/t22-,23+,24?/m1/s1. The number of ether oxygens (including phenoxy) is 3. The van der Waals surface area contributed by atoms with E-state index in [0.717, 1.165) is 65.0 Å². The molecule has 3 saturated heterocycles. The molecule has 0 spiro atoms. The second-order valence-corrected chi connectivity index (χ2v) is 18.0. The fourth-order valence-corrected chi connectivity index (χ4v) is 6.56. The fraction of sp³-hybridized carbons (Fsp3) is 0.963. The molecule has 0 N–H and O–H groups in total. The van der Waals surface area contributed by atoms with Crippen molar-refractivity contribution in [3.63, 3.8) is 0 Å². The van der Waals surface area contributed by atoms with Crippen molar-refractivity contribution in [2.75, 3.05) is 39.4 Å². The van der Waals surface area contributed by atoms with Crippen molar-refractivity contribution in [1.82, 2.24) is 9.80 Å². The van der Waals surface area contributed by atoms with Gasteiger partial charge in [0.2, 0.25) is 0 Å². The first kappa shape index (κ1) is 28.9. The summed E-state index contributed by atoms with van der Waals surface area (Å²) in [6, 6.07) is 0.189. The number of carbonyl (C=O) groups is 1. The van der Waals surface area contributed by atoms with E-state index in [0.29, 0.717) is 12.5 Å². The molecule has 3 aliphatic rings. The Morgan fingerprint density at radius 2 is 1.71 bits per heavy atom. The highest BCUT2D eigenvalue weighted by molar-refractivity contribution is 6.74. The van der Waals surface area contributed by atoms with Gasteiger partial charge in [-0.05, 0) is 96.4 Å². The molecule has 0 aromatic heterocycles. The van der Waals surface area contributed by atoms with Gasteiger partial charge in [0.15, 0.2) is 14.6 Å². The number of nitrogens with zero attached hydrogens (tertiary/aromatic N) is 2. The lowest BCUT2D eigenvalue weighted by Gasteiger charge is -2.38.